The lowest BCUT2D eigenvalue weighted by Gasteiger charge is -2.26. The first kappa shape index (κ1) is 25.8. The van der Waals surface area contributed by atoms with Crippen molar-refractivity contribution in [2.24, 2.45) is 0 Å². The van der Waals surface area contributed by atoms with E-state index in [1.165, 1.54) is 18.2 Å². The largest absolute Gasteiger partial charge is 0.484 e. The fraction of sp³-hybridized carbons (Fsp3) is 0.111. The van der Waals surface area contributed by atoms with E-state index in [0.29, 0.717) is 17.0 Å². The van der Waals surface area contributed by atoms with Crippen LogP contribution >= 0.6 is 0 Å². The maximum atomic E-state index is 13.0. The lowest BCUT2D eigenvalue weighted by Crippen LogP contribution is -2.54. The van der Waals surface area contributed by atoms with E-state index in [0.717, 1.165) is 28.2 Å². The van der Waals surface area contributed by atoms with Gasteiger partial charge < -0.3 is 10.1 Å². The Hall–Kier alpha value is -5.32. The first-order valence-corrected chi connectivity index (χ1v) is 11.4. The number of barbiturate groups is 1. The number of anilines is 2. The molecule has 0 radical (unpaired) electrons. The van der Waals surface area contributed by atoms with E-state index in [1.54, 1.807) is 24.3 Å². The number of nitrogens with zero attached hydrogens (tertiary/aromatic N) is 2. The fourth-order valence-electron chi connectivity index (χ4n) is 3.73. The lowest BCUT2D eigenvalue weighted by molar-refractivity contribution is -0.384. The standard InChI is InChI=1S/C27H22N4O7/c1-16-3-12-23(17(2)13-16)28-24(32)15-38-21-10-4-18(5-11-21)14-22-25(33)29-27(35)30(26(22)34)19-6-8-20(9-7-19)31(36)37/h3-14H,15H2,1-2H3,(H,28,32)(H,29,33,35)/b22-14-. The van der Waals surface area contributed by atoms with Gasteiger partial charge in [0.05, 0.1) is 10.6 Å². The van der Waals surface area contributed by atoms with Gasteiger partial charge in [-0.15, -0.1) is 0 Å². The molecule has 38 heavy (non-hydrogen) atoms. The number of carbonyl (C=O) groups excluding carboxylic acids is 4. The van der Waals surface area contributed by atoms with Crippen LogP contribution in [0.1, 0.15) is 16.7 Å². The number of nitro benzene ring substituents is 1. The number of non-ortho nitro benzene ring substituents is 1. The number of hydrogen-bond acceptors (Lipinski definition) is 7. The molecule has 1 saturated heterocycles. The molecular formula is C27H22N4O7. The van der Waals surface area contributed by atoms with Gasteiger partial charge in [0.25, 0.3) is 23.4 Å². The molecule has 11 nitrogen and oxygen atoms in total. The predicted octanol–water partition coefficient (Wildman–Crippen LogP) is 3.90. The molecule has 0 unspecified atom stereocenters. The molecule has 0 bridgehead atoms. The molecule has 2 N–H and O–H groups in total. The normalized spacial score (nSPS) is 14.3. The molecule has 1 fully saturated rings. The van der Waals surface area contributed by atoms with Gasteiger partial charge in [-0.1, -0.05) is 29.8 Å². The molecule has 192 valence electrons. The second-order valence-electron chi connectivity index (χ2n) is 8.46. The lowest BCUT2D eigenvalue weighted by atomic mass is 10.1. The van der Waals surface area contributed by atoms with Gasteiger partial charge in [0.15, 0.2) is 6.61 Å². The summed E-state index contributed by atoms with van der Waals surface area (Å²) in [5.74, 6) is -1.69. The van der Waals surface area contributed by atoms with Crippen molar-refractivity contribution in [3.8, 4) is 5.75 Å². The van der Waals surface area contributed by atoms with E-state index < -0.39 is 22.8 Å². The van der Waals surface area contributed by atoms with Crippen LogP contribution in [0.2, 0.25) is 0 Å². The van der Waals surface area contributed by atoms with Crippen molar-refractivity contribution in [1.29, 1.82) is 0 Å². The fourth-order valence-corrected chi connectivity index (χ4v) is 3.73. The molecule has 0 spiro atoms. The molecule has 11 heteroatoms. The van der Waals surface area contributed by atoms with E-state index >= 15 is 0 Å². The zero-order valence-electron chi connectivity index (χ0n) is 20.4. The first-order chi connectivity index (χ1) is 18.1. The topological polar surface area (TPSA) is 148 Å². The summed E-state index contributed by atoms with van der Waals surface area (Å²) in [6.07, 6.45) is 1.30. The third-order valence-corrected chi connectivity index (χ3v) is 5.64. The minimum atomic E-state index is -0.964. The molecular weight excluding hydrogens is 492 g/mol. The number of ether oxygens (including phenoxy) is 1. The Morgan fingerprint density at radius 1 is 1.03 bits per heavy atom. The average Bonchev–Trinajstić information content (AvgIpc) is 2.88. The summed E-state index contributed by atoms with van der Waals surface area (Å²) < 4.78 is 5.53. The number of nitro groups is 1. The molecule has 5 amide bonds. The number of imide groups is 2. The summed E-state index contributed by atoms with van der Waals surface area (Å²) in [4.78, 5) is 60.9. The Bertz CT molecular complexity index is 1480. The number of benzene rings is 3. The molecule has 0 saturated carbocycles. The highest BCUT2D eigenvalue weighted by molar-refractivity contribution is 6.39. The monoisotopic (exact) mass is 514 g/mol. The second kappa shape index (κ2) is 10.7. The maximum Gasteiger partial charge on any atom is 0.335 e. The van der Waals surface area contributed by atoms with E-state index in [1.807, 2.05) is 32.0 Å². The molecule has 0 aromatic heterocycles. The van der Waals surface area contributed by atoms with E-state index in [9.17, 15) is 29.3 Å². The SMILES string of the molecule is Cc1ccc(NC(=O)COc2ccc(/C=C3/C(=O)NC(=O)N(c4ccc([N+](=O)[O-])cc4)C3=O)cc2)c(C)c1. The molecule has 1 aliphatic rings. The van der Waals surface area contributed by atoms with Crippen LogP contribution in [0.5, 0.6) is 5.75 Å². The first-order valence-electron chi connectivity index (χ1n) is 11.4. The van der Waals surface area contributed by atoms with Gasteiger partial charge >= 0.3 is 6.03 Å². The van der Waals surface area contributed by atoms with Crippen molar-refractivity contribution in [3.05, 3.63) is 99.1 Å². The molecule has 3 aromatic rings. The van der Waals surface area contributed by atoms with E-state index in [2.05, 4.69) is 10.6 Å². The molecule has 3 aromatic carbocycles. The van der Waals surface area contributed by atoms with Crippen LogP contribution in [0.25, 0.3) is 6.08 Å². The smallest absolute Gasteiger partial charge is 0.335 e. The van der Waals surface area contributed by atoms with Gasteiger partial charge in [-0.3, -0.25) is 29.8 Å². The number of nitrogens with one attached hydrogen (secondary N) is 2. The quantitative estimate of drug-likeness (QED) is 0.210. The maximum absolute atomic E-state index is 13.0. The molecule has 4 rings (SSSR count). The van der Waals surface area contributed by atoms with Crippen molar-refractivity contribution < 1.29 is 28.8 Å². The Balaban J connectivity index is 1.43. The molecule has 0 aliphatic carbocycles. The van der Waals surface area contributed by atoms with Crippen LogP contribution < -0.4 is 20.3 Å². The van der Waals surface area contributed by atoms with E-state index in [-0.39, 0.29) is 29.5 Å². The minimum absolute atomic E-state index is 0.0688. The highest BCUT2D eigenvalue weighted by atomic mass is 16.6. The van der Waals surface area contributed by atoms with Gasteiger partial charge in [0.1, 0.15) is 11.3 Å². The summed E-state index contributed by atoms with van der Waals surface area (Å²) in [5.41, 5.74) is 2.74. The van der Waals surface area contributed by atoms with Gasteiger partial charge in [0, 0.05) is 17.8 Å². The highest BCUT2D eigenvalue weighted by Crippen LogP contribution is 2.25. The highest BCUT2D eigenvalue weighted by Gasteiger charge is 2.36. The van der Waals surface area contributed by atoms with Crippen LogP contribution in [0.3, 0.4) is 0 Å². The van der Waals surface area contributed by atoms with Crippen LogP contribution in [0.15, 0.2) is 72.3 Å². The van der Waals surface area contributed by atoms with Crippen molar-refractivity contribution in [2.45, 2.75) is 13.8 Å². The number of carbonyl (C=O) groups is 4. The average molecular weight is 514 g/mol. The number of aryl methyl sites for hydroxylation is 2. The third-order valence-electron chi connectivity index (χ3n) is 5.64. The minimum Gasteiger partial charge on any atom is -0.484 e. The van der Waals surface area contributed by atoms with Gasteiger partial charge in [-0.05, 0) is 61.4 Å². The summed E-state index contributed by atoms with van der Waals surface area (Å²) in [6.45, 7) is 3.64. The third kappa shape index (κ3) is 5.73. The number of urea groups is 1. The van der Waals surface area contributed by atoms with Crippen LogP contribution in [-0.2, 0) is 14.4 Å². The van der Waals surface area contributed by atoms with Crippen molar-refractivity contribution >= 4 is 46.9 Å². The predicted molar refractivity (Wildman–Crippen MR) is 139 cm³/mol. The molecule has 1 aliphatic heterocycles. The Labute approximate surface area is 216 Å². The zero-order chi connectivity index (χ0) is 27.4. The number of rotatable bonds is 7. The van der Waals surface area contributed by atoms with Crippen LogP contribution in [-0.4, -0.2) is 35.3 Å². The Morgan fingerprint density at radius 2 is 1.71 bits per heavy atom. The zero-order valence-corrected chi connectivity index (χ0v) is 20.4. The van der Waals surface area contributed by atoms with Gasteiger partial charge in [0.2, 0.25) is 0 Å². The molecule has 0 atom stereocenters. The Kier molecular flexibility index (Phi) is 7.28. The van der Waals surface area contributed by atoms with Crippen LogP contribution in [0, 0.1) is 24.0 Å². The Morgan fingerprint density at radius 3 is 2.34 bits per heavy atom. The van der Waals surface area contributed by atoms with E-state index in [4.69, 9.17) is 4.74 Å². The summed E-state index contributed by atoms with van der Waals surface area (Å²) in [7, 11) is 0. The van der Waals surface area contributed by atoms with Crippen molar-refractivity contribution in [3.63, 3.8) is 0 Å². The van der Waals surface area contributed by atoms with Crippen LogP contribution in [0.4, 0.5) is 21.9 Å². The summed E-state index contributed by atoms with van der Waals surface area (Å²) >= 11 is 0. The van der Waals surface area contributed by atoms with Crippen molar-refractivity contribution in [1.82, 2.24) is 5.32 Å². The number of hydrogen-bond donors (Lipinski definition) is 2. The second-order valence-corrected chi connectivity index (χ2v) is 8.46. The summed E-state index contributed by atoms with van der Waals surface area (Å²) in [5, 5.41) is 15.8. The molecule has 1 heterocycles. The summed E-state index contributed by atoms with van der Waals surface area (Å²) in [6, 6.07) is 15.8. The van der Waals surface area contributed by atoms with Gasteiger partial charge in [-0.25, -0.2) is 9.69 Å². The van der Waals surface area contributed by atoms with Gasteiger partial charge in [-0.2, -0.15) is 0 Å². The van der Waals surface area contributed by atoms with Crippen molar-refractivity contribution in [2.75, 3.05) is 16.8 Å². The number of amides is 5.